The molecule has 0 aliphatic carbocycles. The first-order chi connectivity index (χ1) is 13.8. The molecule has 2 aromatic rings. The molecule has 2 amide bonds. The van der Waals surface area contributed by atoms with Crippen LogP contribution >= 0.6 is 11.6 Å². The zero-order valence-electron chi connectivity index (χ0n) is 16.7. The maximum Gasteiger partial charge on any atom is 0.254 e. The number of halogens is 1. The molecular weight excluding hydrogens is 394 g/mol. The van der Waals surface area contributed by atoms with E-state index in [4.69, 9.17) is 11.6 Å². The Morgan fingerprint density at radius 1 is 1.17 bits per heavy atom. The van der Waals surface area contributed by atoms with E-state index in [9.17, 15) is 19.8 Å². The van der Waals surface area contributed by atoms with E-state index in [1.54, 1.807) is 19.3 Å². The van der Waals surface area contributed by atoms with Gasteiger partial charge in [0.05, 0.1) is 11.1 Å². The van der Waals surface area contributed by atoms with Crippen molar-refractivity contribution in [1.29, 1.82) is 0 Å². The molecule has 156 valence electrons. The predicted molar refractivity (Wildman–Crippen MR) is 111 cm³/mol. The lowest BCUT2D eigenvalue weighted by Crippen LogP contribution is -2.50. The fraction of sp³-hybridized carbons (Fsp3) is 0.381. The molecule has 0 radical (unpaired) electrons. The Labute approximate surface area is 175 Å². The van der Waals surface area contributed by atoms with Gasteiger partial charge in [-0.15, -0.1) is 0 Å². The van der Waals surface area contributed by atoms with Gasteiger partial charge in [-0.2, -0.15) is 0 Å². The SMILES string of the molecule is CCCN(C)C(=O)C(O)C(O)C(=O)NC(C)c1ccc(-c2ccncc2Cl)cc1. The van der Waals surface area contributed by atoms with Crippen molar-refractivity contribution in [2.24, 2.45) is 0 Å². The highest BCUT2D eigenvalue weighted by Gasteiger charge is 2.32. The molecule has 1 heterocycles. The smallest absolute Gasteiger partial charge is 0.254 e. The summed E-state index contributed by atoms with van der Waals surface area (Å²) < 4.78 is 0. The monoisotopic (exact) mass is 419 g/mol. The van der Waals surface area contributed by atoms with Crippen LogP contribution in [0.15, 0.2) is 42.7 Å². The molecule has 0 saturated carbocycles. The van der Waals surface area contributed by atoms with Gasteiger partial charge in [-0.1, -0.05) is 42.8 Å². The maximum absolute atomic E-state index is 12.3. The largest absolute Gasteiger partial charge is 0.380 e. The third kappa shape index (κ3) is 5.76. The highest BCUT2D eigenvalue weighted by atomic mass is 35.5. The third-order valence-electron chi connectivity index (χ3n) is 4.61. The van der Waals surface area contributed by atoms with Crippen molar-refractivity contribution in [3.63, 3.8) is 0 Å². The number of aliphatic hydroxyl groups is 2. The molecule has 3 atom stereocenters. The summed E-state index contributed by atoms with van der Waals surface area (Å²) in [6.07, 6.45) is 0.271. The highest BCUT2D eigenvalue weighted by molar-refractivity contribution is 6.33. The van der Waals surface area contributed by atoms with Crippen LogP contribution in [-0.4, -0.2) is 57.7 Å². The van der Waals surface area contributed by atoms with E-state index in [1.807, 2.05) is 37.3 Å². The Hall–Kier alpha value is -2.48. The average molecular weight is 420 g/mol. The lowest BCUT2D eigenvalue weighted by molar-refractivity contribution is -0.152. The van der Waals surface area contributed by atoms with Crippen LogP contribution in [0.3, 0.4) is 0 Å². The predicted octanol–water partition coefficient (Wildman–Crippen LogP) is 2.17. The molecule has 1 aromatic heterocycles. The van der Waals surface area contributed by atoms with Crippen LogP contribution in [0.2, 0.25) is 5.02 Å². The zero-order chi connectivity index (χ0) is 21.6. The zero-order valence-corrected chi connectivity index (χ0v) is 17.4. The van der Waals surface area contributed by atoms with Crippen molar-refractivity contribution in [2.75, 3.05) is 13.6 Å². The number of likely N-dealkylation sites (N-methyl/N-ethyl adjacent to an activating group) is 1. The summed E-state index contributed by atoms with van der Waals surface area (Å²) in [4.78, 5) is 29.6. The average Bonchev–Trinajstić information content (AvgIpc) is 2.72. The van der Waals surface area contributed by atoms with Gasteiger partial charge in [0.2, 0.25) is 0 Å². The lowest BCUT2D eigenvalue weighted by Gasteiger charge is -2.24. The second-order valence-electron chi connectivity index (χ2n) is 6.86. The summed E-state index contributed by atoms with van der Waals surface area (Å²) in [6, 6.07) is 8.78. The molecule has 0 saturated heterocycles. The van der Waals surface area contributed by atoms with Crippen molar-refractivity contribution in [3.8, 4) is 11.1 Å². The molecule has 3 unspecified atom stereocenters. The van der Waals surface area contributed by atoms with Gasteiger partial charge in [-0.05, 0) is 30.5 Å². The van der Waals surface area contributed by atoms with Crippen molar-refractivity contribution in [3.05, 3.63) is 53.3 Å². The molecule has 3 N–H and O–H groups in total. The molecule has 29 heavy (non-hydrogen) atoms. The fourth-order valence-corrected chi connectivity index (χ4v) is 3.12. The number of aromatic nitrogens is 1. The van der Waals surface area contributed by atoms with Crippen molar-refractivity contribution in [1.82, 2.24) is 15.2 Å². The minimum absolute atomic E-state index is 0.425. The number of nitrogens with one attached hydrogen (secondary N) is 1. The van der Waals surface area contributed by atoms with Gasteiger partial charge >= 0.3 is 0 Å². The summed E-state index contributed by atoms with van der Waals surface area (Å²) in [5.41, 5.74) is 2.54. The van der Waals surface area contributed by atoms with Gasteiger partial charge in [0.15, 0.2) is 12.2 Å². The molecular formula is C21H26ClN3O4. The lowest BCUT2D eigenvalue weighted by atomic mass is 10.0. The standard InChI is InChI=1S/C21H26ClN3O4/c1-4-11-25(3)21(29)19(27)18(26)20(28)24-13(2)14-5-7-15(8-6-14)16-9-10-23-12-17(16)22/h5-10,12-13,18-19,26-27H,4,11H2,1-3H3,(H,24,28). The number of hydrogen-bond acceptors (Lipinski definition) is 5. The molecule has 0 aliphatic heterocycles. The number of nitrogens with zero attached hydrogens (tertiary/aromatic N) is 2. The summed E-state index contributed by atoms with van der Waals surface area (Å²) in [5, 5.41) is 23.2. The van der Waals surface area contributed by atoms with Crippen molar-refractivity contribution in [2.45, 2.75) is 38.5 Å². The third-order valence-corrected chi connectivity index (χ3v) is 4.91. The maximum atomic E-state index is 12.3. The number of carbonyl (C=O) groups excluding carboxylic acids is 2. The summed E-state index contributed by atoms with van der Waals surface area (Å²) in [5.74, 6) is -1.51. The first kappa shape index (κ1) is 22.8. The second-order valence-corrected chi connectivity index (χ2v) is 7.26. The number of rotatable bonds is 8. The quantitative estimate of drug-likeness (QED) is 0.608. The van der Waals surface area contributed by atoms with Crippen molar-refractivity contribution >= 4 is 23.4 Å². The number of amides is 2. The van der Waals surface area contributed by atoms with Crippen molar-refractivity contribution < 1.29 is 19.8 Å². The van der Waals surface area contributed by atoms with Crippen LogP contribution in [0.4, 0.5) is 0 Å². The molecule has 1 aromatic carbocycles. The molecule has 2 rings (SSSR count). The molecule has 7 nitrogen and oxygen atoms in total. The number of pyridine rings is 1. The Morgan fingerprint density at radius 2 is 1.83 bits per heavy atom. The number of aliphatic hydroxyl groups excluding tert-OH is 2. The topological polar surface area (TPSA) is 103 Å². The first-order valence-electron chi connectivity index (χ1n) is 9.37. The Bertz CT molecular complexity index is 844. The van der Waals surface area contributed by atoms with Crippen LogP contribution < -0.4 is 5.32 Å². The Morgan fingerprint density at radius 3 is 2.41 bits per heavy atom. The van der Waals surface area contributed by atoms with Gasteiger partial charge in [-0.25, -0.2) is 0 Å². The number of benzene rings is 1. The van der Waals surface area contributed by atoms with E-state index < -0.39 is 30.1 Å². The first-order valence-corrected chi connectivity index (χ1v) is 9.75. The van der Waals surface area contributed by atoms with Crippen LogP contribution in [0.1, 0.15) is 31.9 Å². The summed E-state index contributed by atoms with van der Waals surface area (Å²) in [7, 11) is 1.51. The van der Waals surface area contributed by atoms with E-state index >= 15 is 0 Å². The molecule has 0 fully saturated rings. The van der Waals surface area contributed by atoms with E-state index in [-0.39, 0.29) is 0 Å². The van der Waals surface area contributed by atoms with E-state index in [1.165, 1.54) is 11.9 Å². The minimum atomic E-state index is -1.85. The molecule has 0 spiro atoms. The van der Waals surface area contributed by atoms with Crippen LogP contribution in [0.5, 0.6) is 0 Å². The molecule has 0 bridgehead atoms. The Kier molecular flexibility index (Phi) is 8.13. The number of carbonyl (C=O) groups is 2. The van der Waals surface area contributed by atoms with Crippen LogP contribution in [0.25, 0.3) is 11.1 Å². The van der Waals surface area contributed by atoms with Gasteiger partial charge in [0.1, 0.15) is 0 Å². The van der Waals surface area contributed by atoms with E-state index in [2.05, 4.69) is 10.3 Å². The highest BCUT2D eigenvalue weighted by Crippen LogP contribution is 2.27. The molecule has 8 heteroatoms. The van der Waals surface area contributed by atoms with Crippen LogP contribution in [-0.2, 0) is 9.59 Å². The van der Waals surface area contributed by atoms with Gasteiger partial charge in [-0.3, -0.25) is 14.6 Å². The Balaban J connectivity index is 2.02. The van der Waals surface area contributed by atoms with E-state index in [0.717, 1.165) is 16.7 Å². The molecule has 0 aliphatic rings. The van der Waals surface area contributed by atoms with Gasteiger partial charge in [0, 0.05) is 31.5 Å². The normalized spacial score (nSPS) is 14.0. The summed E-state index contributed by atoms with van der Waals surface area (Å²) >= 11 is 6.16. The fourth-order valence-electron chi connectivity index (χ4n) is 2.89. The minimum Gasteiger partial charge on any atom is -0.380 e. The number of hydrogen-bond donors (Lipinski definition) is 3. The van der Waals surface area contributed by atoms with Gasteiger partial charge in [0.25, 0.3) is 11.8 Å². The van der Waals surface area contributed by atoms with Crippen LogP contribution in [0, 0.1) is 0 Å². The van der Waals surface area contributed by atoms with E-state index in [0.29, 0.717) is 18.0 Å². The summed E-state index contributed by atoms with van der Waals surface area (Å²) in [6.45, 7) is 4.06. The second kappa shape index (κ2) is 10.3. The van der Waals surface area contributed by atoms with Gasteiger partial charge < -0.3 is 20.4 Å².